The van der Waals surface area contributed by atoms with Crippen molar-refractivity contribution in [1.82, 2.24) is 4.98 Å². The van der Waals surface area contributed by atoms with Gasteiger partial charge in [0.1, 0.15) is 0 Å². The third-order valence-corrected chi connectivity index (χ3v) is 5.75. The summed E-state index contributed by atoms with van der Waals surface area (Å²) in [6.07, 6.45) is -7.05. The molecule has 0 bridgehead atoms. The molecule has 0 saturated heterocycles. The van der Waals surface area contributed by atoms with E-state index in [1.807, 2.05) is 31.2 Å². The van der Waals surface area contributed by atoms with Crippen LogP contribution in [0, 0.1) is 6.92 Å². The van der Waals surface area contributed by atoms with E-state index in [9.17, 15) is 31.1 Å². The first-order valence-electron chi connectivity index (χ1n) is 10.2. The fourth-order valence-corrected chi connectivity index (χ4v) is 3.72. The summed E-state index contributed by atoms with van der Waals surface area (Å²) in [6, 6.07) is 10.3. The maximum atomic E-state index is 13.5. The average molecular weight is 480 g/mol. The molecule has 0 fully saturated rings. The van der Waals surface area contributed by atoms with Gasteiger partial charge in [-0.05, 0) is 61.7 Å². The predicted molar refractivity (Wildman–Crippen MR) is 117 cm³/mol. The lowest BCUT2D eigenvalue weighted by molar-refractivity contribution is -0.143. The molecule has 0 saturated carbocycles. The van der Waals surface area contributed by atoms with Crippen LogP contribution in [0.1, 0.15) is 36.1 Å². The SMILES string of the molecule is Cc1ccccc1-c1ccncc1N(C)C(=O)C(C)(C)c1cc(C(F)(F)F)cc(C(F)(F)F)c1. The lowest BCUT2D eigenvalue weighted by atomic mass is 9.81. The monoisotopic (exact) mass is 480 g/mol. The van der Waals surface area contributed by atoms with Crippen molar-refractivity contribution in [3.63, 3.8) is 0 Å². The molecule has 0 aliphatic rings. The Morgan fingerprint density at radius 1 is 0.824 bits per heavy atom. The van der Waals surface area contributed by atoms with Gasteiger partial charge in [-0.15, -0.1) is 0 Å². The number of nitrogens with zero attached hydrogens (tertiary/aromatic N) is 2. The zero-order valence-corrected chi connectivity index (χ0v) is 18.8. The number of amides is 1. The second-order valence-corrected chi connectivity index (χ2v) is 8.49. The minimum absolute atomic E-state index is 0.0468. The van der Waals surface area contributed by atoms with Gasteiger partial charge in [0.05, 0.1) is 28.4 Å². The van der Waals surface area contributed by atoms with Crippen molar-refractivity contribution >= 4 is 11.6 Å². The summed E-state index contributed by atoms with van der Waals surface area (Å²) >= 11 is 0. The maximum Gasteiger partial charge on any atom is 0.416 e. The number of likely N-dealkylation sites (N-methyl/N-ethyl adjacent to an activating group) is 1. The molecular formula is C25H22F6N2O. The zero-order valence-electron chi connectivity index (χ0n) is 18.8. The van der Waals surface area contributed by atoms with E-state index in [0.717, 1.165) is 11.1 Å². The number of aromatic nitrogens is 1. The molecule has 0 atom stereocenters. The number of pyridine rings is 1. The van der Waals surface area contributed by atoms with E-state index in [2.05, 4.69) is 4.98 Å². The molecule has 1 amide bonds. The van der Waals surface area contributed by atoms with Crippen molar-refractivity contribution in [1.29, 1.82) is 0 Å². The van der Waals surface area contributed by atoms with Crippen LogP contribution in [-0.4, -0.2) is 17.9 Å². The maximum absolute atomic E-state index is 13.5. The van der Waals surface area contributed by atoms with Gasteiger partial charge in [-0.25, -0.2) is 0 Å². The van der Waals surface area contributed by atoms with Crippen LogP contribution < -0.4 is 4.90 Å². The van der Waals surface area contributed by atoms with Crippen LogP contribution in [0.25, 0.3) is 11.1 Å². The number of rotatable bonds is 4. The molecule has 0 radical (unpaired) electrons. The van der Waals surface area contributed by atoms with Crippen LogP contribution in [0.3, 0.4) is 0 Å². The summed E-state index contributed by atoms with van der Waals surface area (Å²) in [7, 11) is 1.42. The second kappa shape index (κ2) is 8.77. The molecule has 0 unspecified atom stereocenters. The lowest BCUT2D eigenvalue weighted by Gasteiger charge is -2.32. The van der Waals surface area contributed by atoms with Crippen molar-refractivity contribution in [3.8, 4) is 11.1 Å². The molecule has 1 heterocycles. The number of alkyl halides is 6. The molecule has 1 aromatic heterocycles. The molecule has 2 aromatic carbocycles. The average Bonchev–Trinajstić information content (AvgIpc) is 2.77. The Labute approximate surface area is 193 Å². The molecule has 9 heteroatoms. The molecule has 3 nitrogen and oxygen atoms in total. The summed E-state index contributed by atoms with van der Waals surface area (Å²) in [4.78, 5) is 18.8. The lowest BCUT2D eigenvalue weighted by Crippen LogP contribution is -2.42. The zero-order chi connectivity index (χ0) is 25.5. The number of halogens is 6. The molecule has 3 aromatic rings. The van der Waals surface area contributed by atoms with Gasteiger partial charge in [0.15, 0.2) is 0 Å². The highest BCUT2D eigenvalue weighted by molar-refractivity contribution is 6.03. The van der Waals surface area contributed by atoms with Crippen LogP contribution in [0.5, 0.6) is 0 Å². The number of hydrogen-bond donors (Lipinski definition) is 0. The quantitative estimate of drug-likeness (QED) is 0.376. The first-order chi connectivity index (χ1) is 15.6. The summed E-state index contributed by atoms with van der Waals surface area (Å²) in [5.41, 5.74) is -2.29. The fraction of sp³-hybridized carbons (Fsp3) is 0.280. The van der Waals surface area contributed by atoms with Crippen LogP contribution in [-0.2, 0) is 22.6 Å². The minimum atomic E-state index is -5.01. The number of aryl methyl sites for hydroxylation is 1. The first-order valence-corrected chi connectivity index (χ1v) is 10.2. The van der Waals surface area contributed by atoms with Crippen molar-refractivity contribution in [3.05, 3.63) is 83.2 Å². The van der Waals surface area contributed by atoms with Crippen molar-refractivity contribution in [2.45, 2.75) is 38.5 Å². The number of benzene rings is 2. The van der Waals surface area contributed by atoms with E-state index in [1.165, 1.54) is 38.2 Å². The van der Waals surface area contributed by atoms with Gasteiger partial charge in [-0.2, -0.15) is 26.3 Å². The van der Waals surface area contributed by atoms with E-state index >= 15 is 0 Å². The first kappa shape index (κ1) is 25.3. The van der Waals surface area contributed by atoms with E-state index in [0.29, 0.717) is 23.4 Å². The second-order valence-electron chi connectivity index (χ2n) is 8.49. The van der Waals surface area contributed by atoms with Gasteiger partial charge < -0.3 is 4.90 Å². The predicted octanol–water partition coefficient (Wildman–Crippen LogP) is 7.04. The molecule has 3 rings (SSSR count). The number of carbonyl (C=O) groups is 1. The van der Waals surface area contributed by atoms with E-state index < -0.39 is 40.4 Å². The summed E-state index contributed by atoms with van der Waals surface area (Å²) in [5, 5.41) is 0. The van der Waals surface area contributed by atoms with Gasteiger partial charge >= 0.3 is 12.4 Å². The molecule has 0 aliphatic carbocycles. The number of carbonyl (C=O) groups excluding carboxylic acids is 1. The van der Waals surface area contributed by atoms with Gasteiger partial charge in [-0.3, -0.25) is 9.78 Å². The third kappa shape index (κ3) is 4.93. The highest BCUT2D eigenvalue weighted by atomic mass is 19.4. The van der Waals surface area contributed by atoms with E-state index in [1.54, 1.807) is 6.07 Å². The fourth-order valence-electron chi connectivity index (χ4n) is 3.72. The van der Waals surface area contributed by atoms with Crippen LogP contribution in [0.15, 0.2) is 60.9 Å². The molecule has 0 N–H and O–H groups in total. The topological polar surface area (TPSA) is 33.2 Å². The largest absolute Gasteiger partial charge is 0.416 e. The molecule has 0 aliphatic heterocycles. The molecule has 0 spiro atoms. The Kier molecular flexibility index (Phi) is 6.52. The Balaban J connectivity index is 2.10. The van der Waals surface area contributed by atoms with Crippen molar-refractivity contribution in [2.75, 3.05) is 11.9 Å². The standard InChI is InChI=1S/C25H22F6N2O/c1-15-7-5-6-8-19(15)20-9-10-32-14-21(20)33(4)22(34)23(2,3)16-11-17(24(26,27)28)13-18(12-16)25(29,30)31/h5-14H,1-4H3. The van der Waals surface area contributed by atoms with E-state index in [4.69, 9.17) is 0 Å². The molecule has 180 valence electrons. The van der Waals surface area contributed by atoms with Crippen LogP contribution >= 0.6 is 0 Å². The Morgan fingerprint density at radius 2 is 1.35 bits per heavy atom. The normalized spacial score (nSPS) is 12.5. The van der Waals surface area contributed by atoms with Crippen LogP contribution in [0.4, 0.5) is 32.0 Å². The number of hydrogen-bond acceptors (Lipinski definition) is 2. The highest BCUT2D eigenvalue weighted by Crippen LogP contribution is 2.40. The van der Waals surface area contributed by atoms with Gasteiger partial charge in [0.2, 0.25) is 5.91 Å². The van der Waals surface area contributed by atoms with Gasteiger partial charge in [-0.1, -0.05) is 24.3 Å². The Hall–Kier alpha value is -3.36. The number of anilines is 1. The van der Waals surface area contributed by atoms with E-state index in [-0.39, 0.29) is 6.07 Å². The summed E-state index contributed by atoms with van der Waals surface area (Å²) < 4.78 is 80.1. The van der Waals surface area contributed by atoms with Crippen molar-refractivity contribution < 1.29 is 31.1 Å². The van der Waals surface area contributed by atoms with Crippen LogP contribution in [0.2, 0.25) is 0 Å². The highest BCUT2D eigenvalue weighted by Gasteiger charge is 2.41. The molecular weight excluding hydrogens is 458 g/mol. The van der Waals surface area contributed by atoms with Gasteiger partial charge in [0, 0.05) is 18.8 Å². The smallest absolute Gasteiger partial charge is 0.313 e. The summed E-state index contributed by atoms with van der Waals surface area (Å²) in [6.45, 7) is 4.48. The third-order valence-electron chi connectivity index (χ3n) is 5.75. The minimum Gasteiger partial charge on any atom is -0.313 e. The summed E-state index contributed by atoms with van der Waals surface area (Å²) in [5.74, 6) is -0.692. The Morgan fingerprint density at radius 3 is 1.88 bits per heavy atom. The van der Waals surface area contributed by atoms with Gasteiger partial charge in [0.25, 0.3) is 0 Å². The van der Waals surface area contributed by atoms with Crippen molar-refractivity contribution in [2.24, 2.45) is 0 Å². The Bertz CT molecular complexity index is 1180. The molecule has 34 heavy (non-hydrogen) atoms.